The third-order valence-electron chi connectivity index (χ3n) is 3.16. The molecule has 0 radical (unpaired) electrons. The summed E-state index contributed by atoms with van der Waals surface area (Å²) in [5, 5.41) is 0. The molecule has 0 aromatic heterocycles. The van der Waals surface area contributed by atoms with Crippen molar-refractivity contribution in [3.63, 3.8) is 0 Å². The van der Waals surface area contributed by atoms with Crippen LogP contribution in [0.2, 0.25) is 0 Å². The number of hydrogen-bond donors (Lipinski definition) is 0. The lowest BCUT2D eigenvalue weighted by atomic mass is 9.81. The third-order valence-corrected chi connectivity index (χ3v) is 3.16. The van der Waals surface area contributed by atoms with Crippen LogP contribution in [-0.4, -0.2) is 0 Å². The standard InChI is InChI=1S/C14H22/c1-6-14(4,5)12-8-7-10-13(2,3)11-9-12/h7-11H,6H2,1-5H3. The van der Waals surface area contributed by atoms with Crippen molar-refractivity contribution in [3.05, 3.63) is 36.0 Å². The molecule has 0 nitrogen and oxygen atoms in total. The van der Waals surface area contributed by atoms with Crippen LogP contribution in [0.25, 0.3) is 0 Å². The molecule has 0 spiro atoms. The minimum absolute atomic E-state index is 0.196. The average molecular weight is 190 g/mol. The molecular weight excluding hydrogens is 168 g/mol. The Morgan fingerprint density at radius 2 is 1.86 bits per heavy atom. The van der Waals surface area contributed by atoms with E-state index in [4.69, 9.17) is 0 Å². The van der Waals surface area contributed by atoms with Gasteiger partial charge >= 0.3 is 0 Å². The molecule has 0 fully saturated rings. The summed E-state index contributed by atoms with van der Waals surface area (Å²) in [6.07, 6.45) is 12.4. The first-order chi connectivity index (χ1) is 6.37. The van der Waals surface area contributed by atoms with Gasteiger partial charge in [-0.2, -0.15) is 0 Å². The highest BCUT2D eigenvalue weighted by molar-refractivity contribution is 5.34. The van der Waals surface area contributed by atoms with Crippen molar-refractivity contribution in [2.75, 3.05) is 0 Å². The molecule has 0 saturated carbocycles. The van der Waals surface area contributed by atoms with Crippen molar-refractivity contribution >= 4 is 0 Å². The van der Waals surface area contributed by atoms with Crippen LogP contribution in [0.4, 0.5) is 0 Å². The molecule has 0 aliphatic heterocycles. The highest BCUT2D eigenvalue weighted by atomic mass is 14.3. The molecule has 0 atom stereocenters. The maximum absolute atomic E-state index is 2.30. The fraction of sp³-hybridized carbons (Fsp3) is 0.571. The zero-order valence-corrected chi connectivity index (χ0v) is 10.1. The Morgan fingerprint density at radius 3 is 2.43 bits per heavy atom. The van der Waals surface area contributed by atoms with E-state index in [0.717, 1.165) is 0 Å². The second kappa shape index (κ2) is 3.76. The smallest absolute Gasteiger partial charge is 0.00107 e. The molecule has 14 heavy (non-hydrogen) atoms. The van der Waals surface area contributed by atoms with Crippen molar-refractivity contribution in [2.45, 2.75) is 41.0 Å². The number of hydrogen-bond acceptors (Lipinski definition) is 0. The number of rotatable bonds is 2. The van der Waals surface area contributed by atoms with Gasteiger partial charge in [-0.1, -0.05) is 65.0 Å². The Balaban J connectivity index is 2.96. The van der Waals surface area contributed by atoms with Gasteiger partial charge < -0.3 is 0 Å². The minimum atomic E-state index is 0.196. The second-order valence-corrected chi connectivity index (χ2v) is 5.37. The Morgan fingerprint density at radius 1 is 1.21 bits per heavy atom. The first kappa shape index (κ1) is 11.3. The molecule has 0 N–H and O–H groups in total. The maximum atomic E-state index is 2.30. The van der Waals surface area contributed by atoms with E-state index in [0.29, 0.717) is 5.41 Å². The topological polar surface area (TPSA) is 0 Å². The van der Waals surface area contributed by atoms with Gasteiger partial charge in [-0.15, -0.1) is 0 Å². The van der Waals surface area contributed by atoms with Gasteiger partial charge in [0, 0.05) is 5.41 Å². The largest absolute Gasteiger partial charge is 0.0751 e. The molecule has 0 bridgehead atoms. The predicted molar refractivity (Wildman–Crippen MR) is 64.2 cm³/mol. The van der Waals surface area contributed by atoms with Crippen LogP contribution in [0.15, 0.2) is 36.0 Å². The van der Waals surface area contributed by atoms with E-state index >= 15 is 0 Å². The van der Waals surface area contributed by atoms with E-state index in [1.165, 1.54) is 12.0 Å². The Kier molecular flexibility index (Phi) is 3.04. The normalized spacial score (nSPS) is 20.5. The van der Waals surface area contributed by atoms with Gasteiger partial charge in [0.25, 0.3) is 0 Å². The Labute approximate surface area is 88.4 Å². The van der Waals surface area contributed by atoms with E-state index in [9.17, 15) is 0 Å². The van der Waals surface area contributed by atoms with E-state index in [1.807, 2.05) is 0 Å². The summed E-state index contributed by atoms with van der Waals surface area (Å²) in [6.45, 7) is 11.3. The van der Waals surface area contributed by atoms with E-state index < -0.39 is 0 Å². The van der Waals surface area contributed by atoms with Crippen molar-refractivity contribution < 1.29 is 0 Å². The summed E-state index contributed by atoms with van der Waals surface area (Å²) in [6, 6.07) is 0. The summed E-state index contributed by atoms with van der Waals surface area (Å²) >= 11 is 0. The fourth-order valence-electron chi connectivity index (χ4n) is 1.47. The van der Waals surface area contributed by atoms with Gasteiger partial charge in [-0.3, -0.25) is 0 Å². The first-order valence-electron chi connectivity index (χ1n) is 5.47. The average Bonchev–Trinajstić information content (AvgIpc) is 2.26. The molecule has 0 heteroatoms. The zero-order chi connectivity index (χ0) is 10.8. The van der Waals surface area contributed by atoms with Gasteiger partial charge in [0.2, 0.25) is 0 Å². The molecule has 78 valence electrons. The lowest BCUT2D eigenvalue weighted by Gasteiger charge is -2.24. The highest BCUT2D eigenvalue weighted by Crippen LogP contribution is 2.34. The molecule has 0 aromatic carbocycles. The van der Waals surface area contributed by atoms with Crippen LogP contribution >= 0.6 is 0 Å². The maximum Gasteiger partial charge on any atom is 0.00107 e. The van der Waals surface area contributed by atoms with Crippen LogP contribution in [0, 0.1) is 10.8 Å². The monoisotopic (exact) mass is 190 g/mol. The summed E-state index contributed by atoms with van der Waals surface area (Å²) in [5.74, 6) is 0. The Bertz CT molecular complexity index is 285. The molecule has 0 saturated heterocycles. The lowest BCUT2D eigenvalue weighted by molar-refractivity contribution is 0.439. The summed E-state index contributed by atoms with van der Waals surface area (Å²) in [4.78, 5) is 0. The SMILES string of the molecule is CCC(C)(C)C1=CC=CC(C)(C)C=C1. The van der Waals surface area contributed by atoms with Crippen LogP contribution < -0.4 is 0 Å². The zero-order valence-electron chi connectivity index (χ0n) is 10.1. The molecule has 1 rings (SSSR count). The minimum Gasteiger partial charge on any atom is -0.0751 e. The second-order valence-electron chi connectivity index (χ2n) is 5.37. The molecule has 1 aliphatic carbocycles. The van der Waals surface area contributed by atoms with Crippen LogP contribution in [-0.2, 0) is 0 Å². The van der Waals surface area contributed by atoms with Gasteiger partial charge in [0.15, 0.2) is 0 Å². The highest BCUT2D eigenvalue weighted by Gasteiger charge is 2.20. The van der Waals surface area contributed by atoms with E-state index in [2.05, 4.69) is 65.0 Å². The van der Waals surface area contributed by atoms with Gasteiger partial charge in [0.1, 0.15) is 0 Å². The fourth-order valence-corrected chi connectivity index (χ4v) is 1.47. The van der Waals surface area contributed by atoms with E-state index in [-0.39, 0.29) is 5.41 Å². The van der Waals surface area contributed by atoms with Gasteiger partial charge in [-0.05, 0) is 17.4 Å². The van der Waals surface area contributed by atoms with E-state index in [1.54, 1.807) is 0 Å². The lowest BCUT2D eigenvalue weighted by Crippen LogP contribution is -2.11. The molecule has 1 aliphatic rings. The third kappa shape index (κ3) is 2.60. The summed E-state index contributed by atoms with van der Waals surface area (Å²) in [5.41, 5.74) is 1.92. The van der Waals surface area contributed by atoms with Crippen molar-refractivity contribution in [1.82, 2.24) is 0 Å². The molecule has 0 unspecified atom stereocenters. The van der Waals surface area contributed by atoms with Crippen molar-refractivity contribution in [2.24, 2.45) is 10.8 Å². The predicted octanol–water partition coefficient (Wildman–Crippen LogP) is 4.50. The van der Waals surface area contributed by atoms with Crippen LogP contribution in [0.3, 0.4) is 0 Å². The molecular formula is C14H22. The van der Waals surface area contributed by atoms with Gasteiger partial charge in [-0.25, -0.2) is 0 Å². The Hall–Kier alpha value is -0.780. The summed E-state index contributed by atoms with van der Waals surface area (Å²) in [7, 11) is 0. The first-order valence-corrected chi connectivity index (χ1v) is 5.47. The van der Waals surface area contributed by atoms with Crippen molar-refractivity contribution in [1.29, 1.82) is 0 Å². The van der Waals surface area contributed by atoms with Crippen LogP contribution in [0.5, 0.6) is 0 Å². The van der Waals surface area contributed by atoms with Gasteiger partial charge in [0.05, 0.1) is 0 Å². The number of allylic oxidation sites excluding steroid dienone is 6. The molecule has 0 heterocycles. The van der Waals surface area contributed by atoms with Crippen LogP contribution in [0.1, 0.15) is 41.0 Å². The summed E-state index contributed by atoms with van der Waals surface area (Å²) < 4.78 is 0. The molecule has 0 amide bonds. The molecule has 0 aromatic rings. The quantitative estimate of drug-likeness (QED) is 0.601. The van der Waals surface area contributed by atoms with Crippen molar-refractivity contribution in [3.8, 4) is 0 Å².